The predicted octanol–water partition coefficient (Wildman–Crippen LogP) is 3.14. The van der Waals surface area contributed by atoms with Crippen LogP contribution in [0, 0.1) is 0 Å². The van der Waals surface area contributed by atoms with Crippen molar-refractivity contribution in [2.75, 3.05) is 5.32 Å². The fourth-order valence-electron chi connectivity index (χ4n) is 2.40. The highest BCUT2D eigenvalue weighted by molar-refractivity contribution is 6.01. The van der Waals surface area contributed by atoms with Crippen molar-refractivity contribution in [3.63, 3.8) is 0 Å². The average Bonchev–Trinajstić information content (AvgIpc) is 3.06. The molecule has 1 aromatic carbocycles. The van der Waals surface area contributed by atoms with Gasteiger partial charge in [-0.25, -0.2) is 4.98 Å². The number of hydrogen-bond acceptors (Lipinski definition) is 3. The van der Waals surface area contributed by atoms with Gasteiger partial charge in [0, 0.05) is 37.0 Å². The minimum atomic E-state index is -0.196. The quantitative estimate of drug-likeness (QED) is 0.788. The largest absolute Gasteiger partial charge is 0.327 e. The summed E-state index contributed by atoms with van der Waals surface area (Å²) >= 11 is 0. The van der Waals surface area contributed by atoms with E-state index in [9.17, 15) is 4.79 Å². The van der Waals surface area contributed by atoms with Gasteiger partial charge < -0.3 is 9.88 Å². The zero-order chi connectivity index (χ0) is 16.1. The van der Waals surface area contributed by atoms with Gasteiger partial charge in [0.15, 0.2) is 5.82 Å². The van der Waals surface area contributed by atoms with E-state index in [-0.39, 0.29) is 5.91 Å². The van der Waals surface area contributed by atoms with Gasteiger partial charge in [-0.2, -0.15) is 0 Å². The predicted molar refractivity (Wildman–Crippen MR) is 89.3 cm³/mol. The molecule has 1 N–H and O–H groups in total. The van der Waals surface area contributed by atoms with Gasteiger partial charge in [-0.05, 0) is 48.7 Å². The van der Waals surface area contributed by atoms with Crippen molar-refractivity contribution in [3.8, 4) is 0 Å². The maximum atomic E-state index is 12.2. The number of aryl methyl sites for hydroxylation is 1. The van der Waals surface area contributed by atoms with Crippen molar-refractivity contribution in [2.45, 2.75) is 19.9 Å². The summed E-state index contributed by atoms with van der Waals surface area (Å²) in [5, 5.41) is 2.88. The Balaban J connectivity index is 1.67. The van der Waals surface area contributed by atoms with Crippen molar-refractivity contribution < 1.29 is 4.79 Å². The first-order chi connectivity index (χ1) is 11.3. The molecule has 5 heteroatoms. The van der Waals surface area contributed by atoms with Crippen molar-refractivity contribution in [1.82, 2.24) is 14.5 Å². The zero-order valence-electron chi connectivity index (χ0n) is 12.9. The lowest BCUT2D eigenvalue weighted by Crippen LogP contribution is -2.17. The van der Waals surface area contributed by atoms with Crippen LogP contribution in [0.5, 0.6) is 0 Å². The summed E-state index contributed by atoms with van der Waals surface area (Å²) in [6, 6.07) is 11.9. The van der Waals surface area contributed by atoms with Crippen molar-refractivity contribution in [1.29, 1.82) is 0 Å². The average molecular weight is 306 g/mol. The van der Waals surface area contributed by atoms with Crippen LogP contribution in [0.25, 0.3) is 0 Å². The number of anilines is 1. The molecule has 0 aliphatic rings. The van der Waals surface area contributed by atoms with E-state index < -0.39 is 0 Å². The topological polar surface area (TPSA) is 59.8 Å². The van der Waals surface area contributed by atoms with Crippen LogP contribution in [0.4, 0.5) is 5.69 Å². The summed E-state index contributed by atoms with van der Waals surface area (Å²) in [4.78, 5) is 20.3. The maximum absolute atomic E-state index is 12.2. The third-order valence-electron chi connectivity index (χ3n) is 3.63. The molecule has 116 valence electrons. The van der Waals surface area contributed by atoms with Crippen LogP contribution in [0.15, 0.2) is 61.2 Å². The number of pyridine rings is 1. The lowest BCUT2D eigenvalue weighted by Gasteiger charge is -2.08. The Morgan fingerprint density at radius 3 is 2.43 bits per heavy atom. The molecule has 3 aromatic rings. The number of benzene rings is 1. The number of hydrogen-bond donors (Lipinski definition) is 1. The Labute approximate surface area is 135 Å². The summed E-state index contributed by atoms with van der Waals surface area (Å²) < 4.78 is 1.81. The monoisotopic (exact) mass is 306 g/mol. The van der Waals surface area contributed by atoms with Crippen LogP contribution in [0.1, 0.15) is 28.7 Å². The van der Waals surface area contributed by atoms with E-state index in [0.29, 0.717) is 12.4 Å². The second-order valence-corrected chi connectivity index (χ2v) is 5.22. The molecule has 0 radical (unpaired) electrons. The smallest absolute Gasteiger partial charge is 0.291 e. The molecule has 0 aliphatic carbocycles. The second-order valence-electron chi connectivity index (χ2n) is 5.22. The van der Waals surface area contributed by atoms with E-state index in [4.69, 9.17) is 0 Å². The van der Waals surface area contributed by atoms with Crippen molar-refractivity contribution in [3.05, 3.63) is 78.1 Å². The van der Waals surface area contributed by atoms with Crippen LogP contribution >= 0.6 is 0 Å². The fraction of sp³-hybridized carbons (Fsp3) is 0.167. The van der Waals surface area contributed by atoms with Crippen molar-refractivity contribution in [2.24, 2.45) is 0 Å². The zero-order valence-corrected chi connectivity index (χ0v) is 12.9. The highest BCUT2D eigenvalue weighted by Gasteiger charge is 2.11. The normalized spacial score (nSPS) is 10.5. The van der Waals surface area contributed by atoms with Crippen LogP contribution < -0.4 is 5.32 Å². The molecule has 0 fully saturated rings. The van der Waals surface area contributed by atoms with Crippen LogP contribution in [0.3, 0.4) is 0 Å². The molecule has 1 amide bonds. The molecule has 0 aliphatic heterocycles. The van der Waals surface area contributed by atoms with E-state index in [2.05, 4.69) is 15.3 Å². The summed E-state index contributed by atoms with van der Waals surface area (Å²) in [7, 11) is 0. The first kappa shape index (κ1) is 15.0. The number of rotatable bonds is 5. The molecule has 0 spiro atoms. The number of carbonyl (C=O) groups excluding carboxylic acids is 1. The Hall–Kier alpha value is -2.95. The fourth-order valence-corrected chi connectivity index (χ4v) is 2.40. The minimum absolute atomic E-state index is 0.196. The Kier molecular flexibility index (Phi) is 4.47. The minimum Gasteiger partial charge on any atom is -0.327 e. The molecular weight excluding hydrogens is 288 g/mol. The van der Waals surface area contributed by atoms with Crippen molar-refractivity contribution >= 4 is 11.6 Å². The molecule has 5 nitrogen and oxygen atoms in total. The van der Waals surface area contributed by atoms with Gasteiger partial charge in [-0.15, -0.1) is 0 Å². The summed E-state index contributed by atoms with van der Waals surface area (Å²) in [6.07, 6.45) is 7.86. The van der Waals surface area contributed by atoms with Gasteiger partial charge in [-0.1, -0.05) is 12.1 Å². The van der Waals surface area contributed by atoms with Crippen LogP contribution in [0.2, 0.25) is 0 Å². The number of nitrogens with zero attached hydrogens (tertiary/aromatic N) is 3. The Morgan fingerprint density at radius 2 is 1.74 bits per heavy atom. The summed E-state index contributed by atoms with van der Waals surface area (Å²) in [5.41, 5.74) is 3.16. The Morgan fingerprint density at radius 1 is 1.04 bits per heavy atom. The SMILES string of the molecule is CCn1ccnc1C(=O)Nc1ccc(Cc2ccncc2)cc1. The number of carbonyl (C=O) groups is 1. The maximum Gasteiger partial charge on any atom is 0.291 e. The Bertz CT molecular complexity index is 778. The van der Waals surface area contributed by atoms with Gasteiger partial charge in [0.25, 0.3) is 5.91 Å². The molecule has 0 bridgehead atoms. The molecule has 0 unspecified atom stereocenters. The van der Waals surface area contributed by atoms with E-state index in [1.807, 2.05) is 47.9 Å². The van der Waals surface area contributed by atoms with E-state index >= 15 is 0 Å². The van der Waals surface area contributed by atoms with Crippen LogP contribution in [-0.4, -0.2) is 20.4 Å². The molecule has 0 saturated heterocycles. The third-order valence-corrected chi connectivity index (χ3v) is 3.63. The molecule has 3 rings (SSSR count). The lowest BCUT2D eigenvalue weighted by atomic mass is 10.1. The highest BCUT2D eigenvalue weighted by Crippen LogP contribution is 2.14. The number of nitrogens with one attached hydrogen (secondary N) is 1. The second kappa shape index (κ2) is 6.87. The molecule has 23 heavy (non-hydrogen) atoms. The molecule has 2 aromatic heterocycles. The molecule has 0 atom stereocenters. The van der Waals surface area contributed by atoms with Gasteiger partial charge >= 0.3 is 0 Å². The first-order valence-electron chi connectivity index (χ1n) is 7.56. The molecular formula is C18H18N4O. The standard InChI is InChI=1S/C18H18N4O/c1-2-22-12-11-20-17(22)18(23)21-16-5-3-14(4-6-16)13-15-7-9-19-10-8-15/h3-12H,2,13H2,1H3,(H,21,23). The number of amides is 1. The molecule has 0 saturated carbocycles. The van der Waals surface area contributed by atoms with Gasteiger partial charge in [-0.3, -0.25) is 9.78 Å². The van der Waals surface area contributed by atoms with Gasteiger partial charge in [0.1, 0.15) is 0 Å². The molecule has 2 heterocycles. The third kappa shape index (κ3) is 3.63. The van der Waals surface area contributed by atoms with E-state index in [0.717, 1.165) is 12.1 Å². The summed E-state index contributed by atoms with van der Waals surface area (Å²) in [6.45, 7) is 2.69. The highest BCUT2D eigenvalue weighted by atomic mass is 16.2. The van der Waals surface area contributed by atoms with Gasteiger partial charge in [0.05, 0.1) is 0 Å². The van der Waals surface area contributed by atoms with E-state index in [1.165, 1.54) is 11.1 Å². The summed E-state index contributed by atoms with van der Waals surface area (Å²) in [5.74, 6) is 0.229. The lowest BCUT2D eigenvalue weighted by molar-refractivity contribution is 0.101. The number of aromatic nitrogens is 3. The van der Waals surface area contributed by atoms with Gasteiger partial charge in [0.2, 0.25) is 0 Å². The van der Waals surface area contributed by atoms with Crippen LogP contribution in [-0.2, 0) is 13.0 Å². The number of imidazole rings is 1. The van der Waals surface area contributed by atoms with E-state index in [1.54, 1.807) is 24.8 Å². The first-order valence-corrected chi connectivity index (χ1v) is 7.56.